The quantitative estimate of drug-likeness (QED) is 0.447. The monoisotopic (exact) mass is 320 g/mol. The van der Waals surface area contributed by atoms with Gasteiger partial charge in [0.25, 0.3) is 0 Å². The molecule has 0 spiro atoms. The fourth-order valence-corrected chi connectivity index (χ4v) is 2.24. The van der Waals surface area contributed by atoms with Gasteiger partial charge in [-0.15, -0.1) is 0 Å². The summed E-state index contributed by atoms with van der Waals surface area (Å²) in [6.07, 6.45) is 2.52. The van der Waals surface area contributed by atoms with Crippen molar-refractivity contribution in [2.45, 2.75) is 39.8 Å². The van der Waals surface area contributed by atoms with Crippen LogP contribution in [0.3, 0.4) is 0 Å². The summed E-state index contributed by atoms with van der Waals surface area (Å²) in [5.74, 6) is -0.313. The lowest BCUT2D eigenvalue weighted by Gasteiger charge is -2.06. The first-order valence-electron chi connectivity index (χ1n) is 7.41. The summed E-state index contributed by atoms with van der Waals surface area (Å²) in [4.78, 5) is 21.7. The zero-order chi connectivity index (χ0) is 16.8. The second-order valence-corrected chi connectivity index (χ2v) is 5.30. The second-order valence-electron chi connectivity index (χ2n) is 5.30. The maximum atomic E-state index is 11.7. The molecule has 1 N–H and O–H groups in total. The number of nitrogens with one attached hydrogen (secondary N) is 1. The van der Waals surface area contributed by atoms with E-state index in [9.17, 15) is 14.9 Å². The van der Waals surface area contributed by atoms with E-state index in [-0.39, 0.29) is 18.1 Å². The zero-order valence-electron chi connectivity index (χ0n) is 13.2. The van der Waals surface area contributed by atoms with Gasteiger partial charge in [0, 0.05) is 25.2 Å². The molecule has 9 nitrogen and oxygen atoms in total. The van der Waals surface area contributed by atoms with E-state index in [0.29, 0.717) is 13.1 Å². The molecule has 0 bridgehead atoms. The smallest absolute Gasteiger partial charge is 0.358 e. The van der Waals surface area contributed by atoms with Crippen molar-refractivity contribution in [1.29, 1.82) is 0 Å². The van der Waals surface area contributed by atoms with Crippen LogP contribution >= 0.6 is 0 Å². The van der Waals surface area contributed by atoms with Crippen LogP contribution in [0.2, 0.25) is 0 Å². The first-order valence-corrected chi connectivity index (χ1v) is 7.41. The highest BCUT2D eigenvalue weighted by molar-refractivity contribution is 5.75. The molecule has 0 aromatic carbocycles. The summed E-state index contributed by atoms with van der Waals surface area (Å²) in [5.41, 5.74) is 2.09. The van der Waals surface area contributed by atoms with Crippen molar-refractivity contribution < 1.29 is 9.72 Å². The first kappa shape index (κ1) is 16.7. The van der Waals surface area contributed by atoms with E-state index in [0.717, 1.165) is 24.4 Å². The van der Waals surface area contributed by atoms with E-state index in [1.165, 1.54) is 16.9 Å². The van der Waals surface area contributed by atoms with Crippen LogP contribution in [0.15, 0.2) is 18.3 Å². The van der Waals surface area contributed by atoms with E-state index >= 15 is 0 Å². The number of carbonyl (C=O) groups excluding carboxylic acids is 1. The largest absolute Gasteiger partial charge is 0.389 e. The van der Waals surface area contributed by atoms with Crippen molar-refractivity contribution in [2.75, 3.05) is 6.54 Å². The molecule has 1 amide bonds. The van der Waals surface area contributed by atoms with Gasteiger partial charge in [0.05, 0.1) is 29.6 Å². The third-order valence-corrected chi connectivity index (χ3v) is 3.35. The number of rotatable bonds is 8. The van der Waals surface area contributed by atoms with Crippen molar-refractivity contribution in [3.05, 3.63) is 39.8 Å². The van der Waals surface area contributed by atoms with E-state index in [1.54, 1.807) is 0 Å². The maximum absolute atomic E-state index is 11.7. The Balaban J connectivity index is 1.65. The summed E-state index contributed by atoms with van der Waals surface area (Å²) in [5, 5.41) is 21.4. The molecule has 0 radical (unpaired) electrons. The van der Waals surface area contributed by atoms with Gasteiger partial charge < -0.3 is 15.4 Å². The molecule has 0 atom stereocenters. The number of aromatic nitrogens is 4. The van der Waals surface area contributed by atoms with Crippen LogP contribution in [0.5, 0.6) is 0 Å². The van der Waals surface area contributed by atoms with Crippen LogP contribution in [0.1, 0.15) is 24.2 Å². The number of aryl methyl sites for hydroxylation is 4. The normalized spacial score (nSPS) is 10.7. The number of hydrogen-bond acceptors (Lipinski definition) is 5. The number of nitro groups is 1. The Kier molecular flexibility index (Phi) is 5.45. The Hall–Kier alpha value is -2.71. The molecule has 2 aromatic heterocycles. The Bertz CT molecular complexity index is 690. The van der Waals surface area contributed by atoms with Crippen LogP contribution < -0.4 is 5.32 Å². The lowest BCUT2D eigenvalue weighted by molar-refractivity contribution is -0.389. The fraction of sp³-hybridized carbons (Fsp3) is 0.500. The molecule has 0 aliphatic heterocycles. The van der Waals surface area contributed by atoms with Gasteiger partial charge in [-0.1, -0.05) is 0 Å². The van der Waals surface area contributed by atoms with Crippen LogP contribution in [0.25, 0.3) is 0 Å². The van der Waals surface area contributed by atoms with Crippen LogP contribution in [-0.4, -0.2) is 36.9 Å². The van der Waals surface area contributed by atoms with E-state index in [1.807, 2.05) is 24.6 Å². The molecule has 0 aliphatic carbocycles. The third kappa shape index (κ3) is 4.90. The van der Waals surface area contributed by atoms with Crippen molar-refractivity contribution in [3.8, 4) is 0 Å². The highest BCUT2D eigenvalue weighted by atomic mass is 16.6. The predicted molar refractivity (Wildman–Crippen MR) is 82.8 cm³/mol. The van der Waals surface area contributed by atoms with Gasteiger partial charge in [-0.05, 0) is 31.3 Å². The summed E-state index contributed by atoms with van der Waals surface area (Å²) >= 11 is 0. The second kappa shape index (κ2) is 7.52. The van der Waals surface area contributed by atoms with Gasteiger partial charge in [0.1, 0.15) is 0 Å². The summed E-state index contributed by atoms with van der Waals surface area (Å²) < 4.78 is 3.32. The van der Waals surface area contributed by atoms with E-state index in [4.69, 9.17) is 0 Å². The van der Waals surface area contributed by atoms with Gasteiger partial charge in [-0.25, -0.2) is 0 Å². The van der Waals surface area contributed by atoms with Crippen molar-refractivity contribution in [2.24, 2.45) is 0 Å². The Morgan fingerprint density at radius 2 is 2.13 bits per heavy atom. The minimum Gasteiger partial charge on any atom is -0.358 e. The molecule has 2 aromatic rings. The number of hydrogen-bond donors (Lipinski definition) is 1. The molecule has 2 heterocycles. The first-order chi connectivity index (χ1) is 11.0. The van der Waals surface area contributed by atoms with Crippen molar-refractivity contribution in [1.82, 2.24) is 24.9 Å². The SMILES string of the molecule is Cc1cc(C)n(CCCNC(=O)CCn2ccc([N+](=O)[O-])n2)n1. The van der Waals surface area contributed by atoms with Gasteiger partial charge in [0.2, 0.25) is 5.91 Å². The van der Waals surface area contributed by atoms with Crippen LogP contribution in [-0.2, 0) is 17.9 Å². The highest BCUT2D eigenvalue weighted by Crippen LogP contribution is 2.05. The number of carbonyl (C=O) groups is 1. The zero-order valence-corrected chi connectivity index (χ0v) is 13.2. The molecule has 0 aliphatic rings. The average molecular weight is 320 g/mol. The summed E-state index contributed by atoms with van der Waals surface area (Å²) in [7, 11) is 0. The fourth-order valence-electron chi connectivity index (χ4n) is 2.24. The van der Waals surface area contributed by atoms with Crippen molar-refractivity contribution >= 4 is 11.7 Å². The highest BCUT2D eigenvalue weighted by Gasteiger charge is 2.11. The molecule has 0 unspecified atom stereocenters. The Morgan fingerprint density at radius 3 is 2.74 bits per heavy atom. The van der Waals surface area contributed by atoms with Crippen molar-refractivity contribution in [3.63, 3.8) is 0 Å². The van der Waals surface area contributed by atoms with Gasteiger partial charge in [0.15, 0.2) is 0 Å². The minimum absolute atomic E-state index is 0.100. The molecule has 0 saturated carbocycles. The number of nitrogens with zero attached hydrogens (tertiary/aromatic N) is 5. The average Bonchev–Trinajstić information content (AvgIpc) is 3.08. The Labute approximate surface area is 133 Å². The van der Waals surface area contributed by atoms with Gasteiger partial charge in [-0.3, -0.25) is 9.48 Å². The van der Waals surface area contributed by atoms with Crippen LogP contribution in [0, 0.1) is 24.0 Å². The van der Waals surface area contributed by atoms with Gasteiger partial charge >= 0.3 is 5.82 Å². The summed E-state index contributed by atoms with van der Waals surface area (Å²) in [6, 6.07) is 3.33. The summed E-state index contributed by atoms with van der Waals surface area (Å²) in [6.45, 7) is 5.59. The lowest BCUT2D eigenvalue weighted by atomic mass is 10.3. The minimum atomic E-state index is -0.560. The topological polar surface area (TPSA) is 108 Å². The van der Waals surface area contributed by atoms with E-state index in [2.05, 4.69) is 15.5 Å². The molecule has 9 heteroatoms. The predicted octanol–water partition coefficient (Wildman–Crippen LogP) is 1.20. The molecular formula is C14H20N6O3. The molecule has 0 fully saturated rings. The lowest BCUT2D eigenvalue weighted by Crippen LogP contribution is -2.26. The molecule has 0 saturated heterocycles. The standard InChI is InChI=1S/C14H20N6O3/c1-11-10-12(2)19(16-11)7-3-6-15-14(21)5-9-18-8-4-13(17-18)20(22)23/h4,8,10H,3,5-7,9H2,1-2H3,(H,15,21). The van der Waals surface area contributed by atoms with E-state index < -0.39 is 4.92 Å². The molecular weight excluding hydrogens is 300 g/mol. The maximum Gasteiger partial charge on any atom is 0.389 e. The third-order valence-electron chi connectivity index (χ3n) is 3.35. The Morgan fingerprint density at radius 1 is 1.35 bits per heavy atom. The molecule has 2 rings (SSSR count). The molecule has 23 heavy (non-hydrogen) atoms. The number of amides is 1. The van der Waals surface area contributed by atoms with Gasteiger partial charge in [-0.2, -0.15) is 9.78 Å². The molecule has 124 valence electrons. The van der Waals surface area contributed by atoms with Crippen LogP contribution in [0.4, 0.5) is 5.82 Å².